The lowest BCUT2D eigenvalue weighted by molar-refractivity contribution is 0.00254. The summed E-state index contributed by atoms with van der Waals surface area (Å²) in [6.07, 6.45) is 1.65. The van der Waals surface area contributed by atoms with Crippen molar-refractivity contribution in [1.29, 1.82) is 0 Å². The van der Waals surface area contributed by atoms with Gasteiger partial charge in [-0.3, -0.25) is 0 Å². The summed E-state index contributed by atoms with van der Waals surface area (Å²) in [6, 6.07) is 16.0. The number of rotatable bonds is 3. The van der Waals surface area contributed by atoms with Gasteiger partial charge in [0.1, 0.15) is 0 Å². The van der Waals surface area contributed by atoms with Crippen LogP contribution in [0.5, 0.6) is 0 Å². The van der Waals surface area contributed by atoms with Gasteiger partial charge in [0.15, 0.2) is 0 Å². The molecule has 2 aromatic rings. The second-order valence-corrected chi connectivity index (χ2v) is 6.57. The summed E-state index contributed by atoms with van der Waals surface area (Å²) < 4.78 is 11.3. The smallest absolute Gasteiger partial charge is 0.319 e. The second kappa shape index (κ2) is 7.25. The molecule has 2 atom stereocenters. The molecule has 2 N–H and O–H groups in total. The van der Waals surface area contributed by atoms with Crippen molar-refractivity contribution in [2.24, 2.45) is 0 Å². The molecular weight excluding hydrogens is 316 g/mol. The molecular formula is C20H22N2O3. The summed E-state index contributed by atoms with van der Waals surface area (Å²) in [7, 11) is 0. The maximum Gasteiger partial charge on any atom is 0.319 e. The molecule has 0 bridgehead atoms. The first-order valence-corrected chi connectivity index (χ1v) is 8.71. The van der Waals surface area contributed by atoms with Crippen molar-refractivity contribution in [3.8, 4) is 0 Å². The molecule has 5 heteroatoms. The van der Waals surface area contributed by atoms with Gasteiger partial charge in [0, 0.05) is 18.3 Å². The van der Waals surface area contributed by atoms with Crippen LogP contribution in [-0.4, -0.2) is 18.7 Å². The molecule has 0 aromatic heterocycles. The summed E-state index contributed by atoms with van der Waals surface area (Å²) in [5.74, 6) is 0. The zero-order chi connectivity index (χ0) is 17.1. The number of urea groups is 1. The monoisotopic (exact) mass is 338 g/mol. The van der Waals surface area contributed by atoms with Gasteiger partial charge in [-0.15, -0.1) is 0 Å². The molecule has 4 rings (SSSR count). The first kappa shape index (κ1) is 16.1. The molecule has 2 aliphatic rings. The van der Waals surface area contributed by atoms with Crippen molar-refractivity contribution in [3.63, 3.8) is 0 Å². The van der Waals surface area contributed by atoms with Crippen LogP contribution in [0.1, 0.15) is 35.6 Å². The molecule has 5 nitrogen and oxygen atoms in total. The van der Waals surface area contributed by atoms with Crippen LogP contribution in [0.25, 0.3) is 0 Å². The summed E-state index contributed by atoms with van der Waals surface area (Å²) in [4.78, 5) is 12.3. The molecule has 0 radical (unpaired) electrons. The van der Waals surface area contributed by atoms with Gasteiger partial charge in [-0.2, -0.15) is 0 Å². The number of carbonyl (C=O) groups is 1. The lowest BCUT2D eigenvalue weighted by Crippen LogP contribution is -2.42. The zero-order valence-electron chi connectivity index (χ0n) is 14.0. The minimum Gasteiger partial charge on any atom is -0.373 e. The molecule has 2 aliphatic heterocycles. The number of benzene rings is 2. The average molecular weight is 338 g/mol. The van der Waals surface area contributed by atoms with Gasteiger partial charge in [-0.25, -0.2) is 4.79 Å². The van der Waals surface area contributed by atoms with E-state index in [9.17, 15) is 4.79 Å². The summed E-state index contributed by atoms with van der Waals surface area (Å²) in [6.45, 7) is 1.93. The summed E-state index contributed by atoms with van der Waals surface area (Å²) >= 11 is 0. The van der Waals surface area contributed by atoms with Crippen molar-refractivity contribution in [1.82, 2.24) is 5.32 Å². The third kappa shape index (κ3) is 3.83. The van der Waals surface area contributed by atoms with E-state index in [1.807, 2.05) is 36.4 Å². The van der Waals surface area contributed by atoms with E-state index in [1.165, 1.54) is 5.56 Å². The Balaban J connectivity index is 1.34. The van der Waals surface area contributed by atoms with Gasteiger partial charge >= 0.3 is 6.03 Å². The van der Waals surface area contributed by atoms with Gasteiger partial charge in [-0.1, -0.05) is 36.4 Å². The highest BCUT2D eigenvalue weighted by Crippen LogP contribution is 2.28. The molecule has 25 heavy (non-hydrogen) atoms. The fraction of sp³-hybridized carbons (Fsp3) is 0.350. The Bertz CT molecular complexity index is 748. The van der Waals surface area contributed by atoms with Crippen molar-refractivity contribution in [2.75, 3.05) is 11.9 Å². The van der Waals surface area contributed by atoms with Crippen molar-refractivity contribution >= 4 is 11.7 Å². The van der Waals surface area contributed by atoms with Gasteiger partial charge in [0.25, 0.3) is 0 Å². The fourth-order valence-corrected chi connectivity index (χ4v) is 3.43. The molecule has 1 fully saturated rings. The zero-order valence-corrected chi connectivity index (χ0v) is 14.0. The lowest BCUT2D eigenvalue weighted by atomic mass is 9.97. The van der Waals surface area contributed by atoms with Crippen LogP contribution in [0.3, 0.4) is 0 Å². The molecule has 0 spiro atoms. The number of fused-ring (bicyclic) bond motifs is 1. The maximum absolute atomic E-state index is 12.3. The van der Waals surface area contributed by atoms with Crippen molar-refractivity contribution in [2.45, 2.75) is 38.2 Å². The predicted octanol–water partition coefficient (Wildman–Crippen LogP) is 3.76. The number of anilines is 1. The van der Waals surface area contributed by atoms with Crippen LogP contribution in [0.4, 0.5) is 10.5 Å². The van der Waals surface area contributed by atoms with E-state index < -0.39 is 0 Å². The van der Waals surface area contributed by atoms with Gasteiger partial charge in [0.05, 0.1) is 19.3 Å². The third-order valence-corrected chi connectivity index (χ3v) is 4.77. The summed E-state index contributed by atoms with van der Waals surface area (Å²) in [5, 5.41) is 6.00. The van der Waals surface area contributed by atoms with E-state index >= 15 is 0 Å². The molecule has 1 saturated heterocycles. The molecule has 2 heterocycles. The molecule has 0 aliphatic carbocycles. The molecule has 2 unspecified atom stereocenters. The normalized spacial score (nSPS) is 22.2. The number of nitrogens with one attached hydrogen (secondary N) is 2. The first-order chi connectivity index (χ1) is 12.3. The van der Waals surface area contributed by atoms with Crippen LogP contribution in [-0.2, 0) is 22.7 Å². The highest BCUT2D eigenvalue weighted by Gasteiger charge is 2.25. The van der Waals surface area contributed by atoms with Crippen LogP contribution in [0, 0.1) is 0 Å². The minimum atomic E-state index is -0.169. The number of hydrogen-bond acceptors (Lipinski definition) is 3. The van der Waals surface area contributed by atoms with E-state index in [2.05, 4.69) is 22.8 Å². The Morgan fingerprint density at radius 2 is 1.88 bits per heavy atom. The quantitative estimate of drug-likeness (QED) is 0.896. The Hall–Kier alpha value is -2.37. The largest absolute Gasteiger partial charge is 0.373 e. The standard InChI is InChI=1S/C20H22N2O3/c23-20(21-17-7-6-15-12-24-13-16(15)10-17)22-18-8-9-25-19(11-18)14-4-2-1-3-5-14/h1-7,10,18-19H,8-9,11-13H2,(H2,21,22,23). The first-order valence-electron chi connectivity index (χ1n) is 8.71. The van der Waals surface area contributed by atoms with E-state index in [-0.39, 0.29) is 18.2 Å². The maximum atomic E-state index is 12.3. The van der Waals surface area contributed by atoms with E-state index in [4.69, 9.17) is 9.47 Å². The average Bonchev–Trinajstić information content (AvgIpc) is 3.10. The van der Waals surface area contributed by atoms with Crippen LogP contribution in [0.15, 0.2) is 48.5 Å². The fourth-order valence-electron chi connectivity index (χ4n) is 3.43. The van der Waals surface area contributed by atoms with Crippen molar-refractivity contribution in [3.05, 3.63) is 65.2 Å². The predicted molar refractivity (Wildman–Crippen MR) is 95.2 cm³/mol. The van der Waals surface area contributed by atoms with Gasteiger partial charge in [0.2, 0.25) is 0 Å². The molecule has 2 amide bonds. The van der Waals surface area contributed by atoms with E-state index in [0.29, 0.717) is 19.8 Å². The minimum absolute atomic E-state index is 0.0393. The number of ether oxygens (including phenoxy) is 2. The second-order valence-electron chi connectivity index (χ2n) is 6.57. The third-order valence-electron chi connectivity index (χ3n) is 4.77. The molecule has 0 saturated carbocycles. The highest BCUT2D eigenvalue weighted by atomic mass is 16.5. The Labute approximate surface area is 147 Å². The topological polar surface area (TPSA) is 59.6 Å². The number of amides is 2. The van der Waals surface area contributed by atoms with Crippen LogP contribution >= 0.6 is 0 Å². The Morgan fingerprint density at radius 3 is 2.76 bits per heavy atom. The Kier molecular flexibility index (Phi) is 4.68. The van der Waals surface area contributed by atoms with E-state index in [1.54, 1.807) is 0 Å². The van der Waals surface area contributed by atoms with Crippen LogP contribution < -0.4 is 10.6 Å². The Morgan fingerprint density at radius 1 is 1.04 bits per heavy atom. The van der Waals surface area contributed by atoms with Gasteiger partial charge < -0.3 is 20.1 Å². The number of hydrogen-bond donors (Lipinski definition) is 2. The lowest BCUT2D eigenvalue weighted by Gasteiger charge is -2.30. The van der Waals surface area contributed by atoms with Gasteiger partial charge in [-0.05, 0) is 41.7 Å². The van der Waals surface area contributed by atoms with Crippen molar-refractivity contribution < 1.29 is 14.3 Å². The number of carbonyl (C=O) groups excluding carboxylic acids is 1. The van der Waals surface area contributed by atoms with E-state index in [0.717, 1.165) is 29.7 Å². The molecule has 130 valence electrons. The summed E-state index contributed by atoms with van der Waals surface area (Å²) in [5.41, 5.74) is 4.30. The SMILES string of the molecule is O=C(Nc1ccc2c(c1)COC2)NC1CCOC(c2ccccc2)C1. The highest BCUT2D eigenvalue weighted by molar-refractivity contribution is 5.89. The van der Waals surface area contributed by atoms with Crippen LogP contribution in [0.2, 0.25) is 0 Å². The molecule has 2 aromatic carbocycles.